The molecule has 1 N–H and O–H groups in total. The normalized spacial score (nSPS) is 30.9. The molecule has 0 radical (unpaired) electrons. The van der Waals surface area contributed by atoms with Crippen molar-refractivity contribution in [1.29, 1.82) is 0 Å². The molecule has 1 saturated carbocycles. The smallest absolute Gasteiger partial charge is 0.0307 e. The van der Waals surface area contributed by atoms with Crippen molar-refractivity contribution in [1.82, 2.24) is 5.32 Å². The standard InChI is InChI=1S/C17H31N/c1-3-13-18-17(15-7-5-4-6-8-15)16-11-9-14(2)10-12-16/h7,14,16-18H,3-6,8-13H2,1-2H3. The lowest BCUT2D eigenvalue weighted by Gasteiger charge is -2.36. The summed E-state index contributed by atoms with van der Waals surface area (Å²) in [7, 11) is 0. The third kappa shape index (κ3) is 3.85. The fraction of sp³-hybridized carbons (Fsp3) is 0.882. The van der Waals surface area contributed by atoms with Crippen molar-refractivity contribution < 1.29 is 0 Å². The van der Waals surface area contributed by atoms with Gasteiger partial charge in [-0.3, -0.25) is 0 Å². The Morgan fingerprint density at radius 3 is 2.61 bits per heavy atom. The highest BCUT2D eigenvalue weighted by molar-refractivity contribution is 5.15. The largest absolute Gasteiger partial charge is 0.310 e. The van der Waals surface area contributed by atoms with E-state index in [0.29, 0.717) is 6.04 Å². The number of hydrogen-bond donors (Lipinski definition) is 1. The second-order valence-corrected chi connectivity index (χ2v) is 6.48. The van der Waals surface area contributed by atoms with E-state index in [1.165, 1.54) is 64.3 Å². The average Bonchev–Trinajstić information content (AvgIpc) is 2.42. The second kappa shape index (κ2) is 7.33. The highest BCUT2D eigenvalue weighted by atomic mass is 14.9. The van der Waals surface area contributed by atoms with Gasteiger partial charge >= 0.3 is 0 Å². The number of hydrogen-bond acceptors (Lipinski definition) is 1. The summed E-state index contributed by atoms with van der Waals surface area (Å²) in [6.07, 6.45) is 15.1. The van der Waals surface area contributed by atoms with Crippen LogP contribution in [0.15, 0.2) is 11.6 Å². The summed E-state index contributed by atoms with van der Waals surface area (Å²) >= 11 is 0. The molecule has 104 valence electrons. The van der Waals surface area contributed by atoms with E-state index in [1.807, 2.05) is 0 Å². The van der Waals surface area contributed by atoms with Gasteiger partial charge in [0, 0.05) is 6.04 Å². The van der Waals surface area contributed by atoms with E-state index in [9.17, 15) is 0 Å². The lowest BCUT2D eigenvalue weighted by atomic mass is 9.75. The molecule has 2 aliphatic carbocycles. The van der Waals surface area contributed by atoms with Gasteiger partial charge in [-0.05, 0) is 63.3 Å². The molecule has 0 aromatic heterocycles. The molecular formula is C17H31N. The first kappa shape index (κ1) is 14.1. The molecule has 1 nitrogen and oxygen atoms in total. The molecule has 2 rings (SSSR count). The van der Waals surface area contributed by atoms with Crippen molar-refractivity contribution in [3.05, 3.63) is 11.6 Å². The second-order valence-electron chi connectivity index (χ2n) is 6.48. The lowest BCUT2D eigenvalue weighted by molar-refractivity contribution is 0.243. The number of rotatable bonds is 5. The molecular weight excluding hydrogens is 218 g/mol. The fourth-order valence-electron chi connectivity index (χ4n) is 3.66. The Labute approximate surface area is 113 Å². The topological polar surface area (TPSA) is 12.0 Å². The van der Waals surface area contributed by atoms with Crippen molar-refractivity contribution in [2.45, 2.75) is 77.7 Å². The fourth-order valence-corrected chi connectivity index (χ4v) is 3.66. The van der Waals surface area contributed by atoms with Gasteiger partial charge in [-0.1, -0.05) is 38.3 Å². The van der Waals surface area contributed by atoms with Crippen LogP contribution in [0.2, 0.25) is 0 Å². The van der Waals surface area contributed by atoms with Gasteiger partial charge in [-0.15, -0.1) is 0 Å². The number of nitrogens with one attached hydrogen (secondary N) is 1. The summed E-state index contributed by atoms with van der Waals surface area (Å²) in [5, 5.41) is 3.86. The van der Waals surface area contributed by atoms with E-state index in [1.54, 1.807) is 5.57 Å². The summed E-state index contributed by atoms with van der Waals surface area (Å²) in [6, 6.07) is 0.706. The molecule has 0 spiro atoms. The van der Waals surface area contributed by atoms with E-state index >= 15 is 0 Å². The van der Waals surface area contributed by atoms with E-state index < -0.39 is 0 Å². The maximum atomic E-state index is 3.86. The van der Waals surface area contributed by atoms with Crippen LogP contribution in [0.5, 0.6) is 0 Å². The monoisotopic (exact) mass is 249 g/mol. The highest BCUT2D eigenvalue weighted by Gasteiger charge is 2.28. The molecule has 0 amide bonds. The van der Waals surface area contributed by atoms with Crippen LogP contribution in [0, 0.1) is 11.8 Å². The Morgan fingerprint density at radius 1 is 1.22 bits per heavy atom. The molecule has 2 aliphatic rings. The molecule has 1 atom stereocenters. The molecule has 1 fully saturated rings. The van der Waals surface area contributed by atoms with Crippen molar-refractivity contribution in [2.24, 2.45) is 11.8 Å². The minimum atomic E-state index is 0.706. The zero-order valence-electron chi connectivity index (χ0n) is 12.4. The maximum absolute atomic E-state index is 3.86. The van der Waals surface area contributed by atoms with Gasteiger partial charge < -0.3 is 5.32 Å². The summed E-state index contributed by atoms with van der Waals surface area (Å²) in [5.74, 6) is 1.88. The van der Waals surface area contributed by atoms with Gasteiger partial charge in [0.2, 0.25) is 0 Å². The van der Waals surface area contributed by atoms with Gasteiger partial charge in [-0.25, -0.2) is 0 Å². The van der Waals surface area contributed by atoms with Gasteiger partial charge in [0.25, 0.3) is 0 Å². The molecule has 1 unspecified atom stereocenters. The van der Waals surface area contributed by atoms with Crippen LogP contribution in [-0.2, 0) is 0 Å². The van der Waals surface area contributed by atoms with Crippen molar-refractivity contribution >= 4 is 0 Å². The molecule has 18 heavy (non-hydrogen) atoms. The van der Waals surface area contributed by atoms with E-state index in [4.69, 9.17) is 0 Å². The maximum Gasteiger partial charge on any atom is 0.0307 e. The van der Waals surface area contributed by atoms with E-state index in [2.05, 4.69) is 25.2 Å². The first-order chi connectivity index (χ1) is 8.81. The zero-order chi connectivity index (χ0) is 12.8. The molecule has 0 aliphatic heterocycles. The van der Waals surface area contributed by atoms with Gasteiger partial charge in [0.05, 0.1) is 0 Å². The van der Waals surface area contributed by atoms with Gasteiger partial charge in [-0.2, -0.15) is 0 Å². The highest BCUT2D eigenvalue weighted by Crippen LogP contribution is 2.35. The summed E-state index contributed by atoms with van der Waals surface area (Å²) in [5.41, 5.74) is 1.74. The van der Waals surface area contributed by atoms with Crippen LogP contribution in [0.4, 0.5) is 0 Å². The lowest BCUT2D eigenvalue weighted by Crippen LogP contribution is -2.40. The third-order valence-corrected chi connectivity index (χ3v) is 4.87. The summed E-state index contributed by atoms with van der Waals surface area (Å²) in [4.78, 5) is 0. The number of allylic oxidation sites excluding steroid dienone is 1. The van der Waals surface area contributed by atoms with E-state index in [-0.39, 0.29) is 0 Å². The predicted octanol–water partition coefficient (Wildman–Crippen LogP) is 4.68. The van der Waals surface area contributed by atoms with Crippen molar-refractivity contribution in [2.75, 3.05) is 6.54 Å². The minimum absolute atomic E-state index is 0.706. The average molecular weight is 249 g/mol. The molecule has 0 aromatic rings. The van der Waals surface area contributed by atoms with Crippen LogP contribution < -0.4 is 5.32 Å². The Hall–Kier alpha value is -0.300. The van der Waals surface area contributed by atoms with E-state index in [0.717, 1.165) is 11.8 Å². The quantitative estimate of drug-likeness (QED) is 0.698. The Balaban J connectivity index is 1.97. The van der Waals surface area contributed by atoms with Crippen LogP contribution >= 0.6 is 0 Å². The third-order valence-electron chi connectivity index (χ3n) is 4.87. The van der Waals surface area contributed by atoms with Crippen LogP contribution in [0.3, 0.4) is 0 Å². The molecule has 0 heterocycles. The Morgan fingerprint density at radius 2 is 2.00 bits per heavy atom. The van der Waals surface area contributed by atoms with Crippen LogP contribution in [0.1, 0.15) is 71.6 Å². The molecule has 0 bridgehead atoms. The molecule has 0 aromatic carbocycles. The summed E-state index contributed by atoms with van der Waals surface area (Å²) in [6.45, 7) is 5.89. The van der Waals surface area contributed by atoms with Crippen LogP contribution in [-0.4, -0.2) is 12.6 Å². The van der Waals surface area contributed by atoms with Crippen molar-refractivity contribution in [3.63, 3.8) is 0 Å². The molecule has 0 saturated heterocycles. The first-order valence-electron chi connectivity index (χ1n) is 8.23. The minimum Gasteiger partial charge on any atom is -0.310 e. The van der Waals surface area contributed by atoms with Crippen LogP contribution in [0.25, 0.3) is 0 Å². The SMILES string of the molecule is CCCNC(C1=CCCCC1)C1CCC(C)CC1. The Bertz CT molecular complexity index is 261. The summed E-state index contributed by atoms with van der Waals surface area (Å²) < 4.78 is 0. The molecule has 1 heteroatoms. The Kier molecular flexibility index (Phi) is 5.75. The van der Waals surface area contributed by atoms with Gasteiger partial charge in [0.15, 0.2) is 0 Å². The van der Waals surface area contributed by atoms with Crippen molar-refractivity contribution in [3.8, 4) is 0 Å². The van der Waals surface area contributed by atoms with Gasteiger partial charge in [0.1, 0.15) is 0 Å². The first-order valence-corrected chi connectivity index (χ1v) is 8.23. The zero-order valence-corrected chi connectivity index (χ0v) is 12.4. The predicted molar refractivity (Wildman–Crippen MR) is 79.8 cm³/mol.